The molecule has 0 radical (unpaired) electrons. The molecule has 0 unspecified atom stereocenters. The second-order valence-electron chi connectivity index (χ2n) is 5.75. The number of rotatable bonds is 14. The van der Waals surface area contributed by atoms with Crippen molar-refractivity contribution in [3.05, 3.63) is 48.6 Å². The highest BCUT2D eigenvalue weighted by molar-refractivity contribution is 5.71. The Kier molecular flexibility index (Phi) is 15.1. The number of hydrogen-bond donors (Lipinski definition) is 3. The lowest BCUT2D eigenvalue weighted by molar-refractivity contribution is -0.146. The number of unbranched alkanes of at least 4 members (excludes halogenated alkanes) is 4. The molecule has 0 spiro atoms. The average Bonchev–Trinajstić information content (AvgIpc) is 2.56. The topological polar surface area (TPSA) is 77.8 Å². The Bertz CT molecular complexity index is 421. The van der Waals surface area contributed by atoms with Crippen LogP contribution in [-0.4, -0.2) is 33.5 Å². The maximum Gasteiger partial charge on any atom is 0.332 e. The summed E-state index contributed by atoms with van der Waals surface area (Å²) in [5, 5.41) is 27.4. The summed E-state index contributed by atoms with van der Waals surface area (Å²) >= 11 is 0. The van der Waals surface area contributed by atoms with Gasteiger partial charge in [-0.15, -0.1) is 0 Å². The van der Waals surface area contributed by atoms with E-state index in [-0.39, 0.29) is 6.42 Å². The Morgan fingerprint density at radius 2 is 1.62 bits per heavy atom. The SMILES string of the molecule is CCCCCC=CC[C@@H](O)C=CC=CC=CCCC[C@H](O)C(=O)O. The van der Waals surface area contributed by atoms with E-state index < -0.39 is 18.2 Å². The lowest BCUT2D eigenvalue weighted by atomic mass is 10.1. The first-order valence-corrected chi connectivity index (χ1v) is 8.81. The number of carboxylic acids is 1. The van der Waals surface area contributed by atoms with Gasteiger partial charge in [-0.05, 0) is 38.5 Å². The van der Waals surface area contributed by atoms with Gasteiger partial charge in [0.05, 0.1) is 6.10 Å². The Balaban J connectivity index is 3.71. The van der Waals surface area contributed by atoms with Gasteiger partial charge in [-0.25, -0.2) is 4.79 Å². The van der Waals surface area contributed by atoms with Gasteiger partial charge in [0.25, 0.3) is 0 Å². The first-order valence-electron chi connectivity index (χ1n) is 8.81. The first-order chi connectivity index (χ1) is 11.6. The van der Waals surface area contributed by atoms with Crippen LogP contribution >= 0.6 is 0 Å². The third-order valence-corrected chi connectivity index (χ3v) is 3.45. The monoisotopic (exact) mass is 336 g/mol. The van der Waals surface area contributed by atoms with E-state index in [1.54, 1.807) is 6.08 Å². The van der Waals surface area contributed by atoms with Crippen molar-refractivity contribution in [2.75, 3.05) is 0 Å². The van der Waals surface area contributed by atoms with E-state index in [0.29, 0.717) is 12.8 Å². The Labute approximate surface area is 145 Å². The van der Waals surface area contributed by atoms with Gasteiger partial charge in [0.2, 0.25) is 0 Å². The molecule has 0 saturated heterocycles. The molecule has 4 nitrogen and oxygen atoms in total. The van der Waals surface area contributed by atoms with E-state index in [0.717, 1.165) is 12.8 Å². The zero-order valence-electron chi connectivity index (χ0n) is 14.7. The molecule has 4 heteroatoms. The molecule has 0 heterocycles. The van der Waals surface area contributed by atoms with Crippen molar-refractivity contribution in [2.45, 2.75) is 70.5 Å². The Morgan fingerprint density at radius 1 is 0.917 bits per heavy atom. The predicted molar refractivity (Wildman–Crippen MR) is 98.8 cm³/mol. The van der Waals surface area contributed by atoms with Gasteiger partial charge in [0.15, 0.2) is 6.10 Å². The van der Waals surface area contributed by atoms with Crippen LogP contribution in [0, 0.1) is 0 Å². The fraction of sp³-hybridized carbons (Fsp3) is 0.550. The molecule has 24 heavy (non-hydrogen) atoms. The molecule has 0 amide bonds. The fourth-order valence-corrected chi connectivity index (χ4v) is 1.99. The van der Waals surface area contributed by atoms with E-state index >= 15 is 0 Å². The maximum atomic E-state index is 10.4. The molecule has 0 fully saturated rings. The van der Waals surface area contributed by atoms with Crippen molar-refractivity contribution in [2.24, 2.45) is 0 Å². The number of aliphatic hydroxyl groups excluding tert-OH is 2. The van der Waals surface area contributed by atoms with E-state index in [9.17, 15) is 9.90 Å². The van der Waals surface area contributed by atoms with E-state index in [1.807, 2.05) is 36.5 Å². The van der Waals surface area contributed by atoms with Gasteiger partial charge in [0, 0.05) is 0 Å². The number of carbonyl (C=O) groups is 1. The predicted octanol–water partition coefficient (Wildman–Crippen LogP) is 4.16. The molecule has 0 aromatic rings. The minimum Gasteiger partial charge on any atom is -0.479 e. The van der Waals surface area contributed by atoms with Crippen LogP contribution in [0.2, 0.25) is 0 Å². The lowest BCUT2D eigenvalue weighted by Crippen LogP contribution is -2.18. The molecule has 136 valence electrons. The normalized spacial score (nSPS) is 15.1. The van der Waals surface area contributed by atoms with Crippen molar-refractivity contribution >= 4 is 5.97 Å². The summed E-state index contributed by atoms with van der Waals surface area (Å²) in [5.74, 6) is -1.17. The van der Waals surface area contributed by atoms with Gasteiger partial charge < -0.3 is 15.3 Å². The number of allylic oxidation sites excluding steroid dienone is 6. The van der Waals surface area contributed by atoms with Gasteiger partial charge >= 0.3 is 5.97 Å². The van der Waals surface area contributed by atoms with Gasteiger partial charge in [-0.2, -0.15) is 0 Å². The molecule has 0 aliphatic rings. The summed E-state index contributed by atoms with van der Waals surface area (Å²) in [6.07, 6.45) is 20.5. The van der Waals surface area contributed by atoms with Gasteiger partial charge in [-0.1, -0.05) is 68.4 Å². The van der Waals surface area contributed by atoms with Crippen LogP contribution in [0.25, 0.3) is 0 Å². The summed E-state index contributed by atoms with van der Waals surface area (Å²) in [6, 6.07) is 0. The third-order valence-electron chi connectivity index (χ3n) is 3.45. The van der Waals surface area contributed by atoms with Crippen molar-refractivity contribution in [3.63, 3.8) is 0 Å². The summed E-state index contributed by atoms with van der Waals surface area (Å²) in [4.78, 5) is 10.4. The lowest BCUT2D eigenvalue weighted by Gasteiger charge is -2.01. The second kappa shape index (κ2) is 16.2. The van der Waals surface area contributed by atoms with Gasteiger partial charge in [-0.3, -0.25) is 0 Å². The molecule has 0 aliphatic carbocycles. The van der Waals surface area contributed by atoms with Gasteiger partial charge in [0.1, 0.15) is 0 Å². The summed E-state index contributed by atoms with van der Waals surface area (Å²) in [7, 11) is 0. The van der Waals surface area contributed by atoms with E-state index in [4.69, 9.17) is 10.2 Å². The molecule has 0 aromatic carbocycles. The molecule has 0 saturated carbocycles. The highest BCUT2D eigenvalue weighted by Crippen LogP contribution is 2.03. The Hall–Kier alpha value is -1.65. The fourth-order valence-electron chi connectivity index (χ4n) is 1.99. The molecular formula is C20H32O4. The summed E-state index contributed by atoms with van der Waals surface area (Å²) in [6.45, 7) is 2.19. The zero-order chi connectivity index (χ0) is 18.0. The highest BCUT2D eigenvalue weighted by Gasteiger charge is 2.10. The van der Waals surface area contributed by atoms with Crippen LogP contribution in [0.3, 0.4) is 0 Å². The maximum absolute atomic E-state index is 10.4. The van der Waals surface area contributed by atoms with Crippen LogP contribution in [-0.2, 0) is 4.79 Å². The van der Waals surface area contributed by atoms with Crippen LogP contribution in [0.5, 0.6) is 0 Å². The Morgan fingerprint density at radius 3 is 2.33 bits per heavy atom. The molecular weight excluding hydrogens is 304 g/mol. The highest BCUT2D eigenvalue weighted by atomic mass is 16.4. The largest absolute Gasteiger partial charge is 0.479 e. The molecule has 0 rings (SSSR count). The quantitative estimate of drug-likeness (QED) is 0.253. The minimum absolute atomic E-state index is 0.265. The second-order valence-corrected chi connectivity index (χ2v) is 5.75. The molecule has 2 atom stereocenters. The minimum atomic E-state index is -1.26. The van der Waals surface area contributed by atoms with E-state index in [2.05, 4.69) is 13.0 Å². The average molecular weight is 336 g/mol. The van der Waals surface area contributed by atoms with Crippen molar-refractivity contribution in [1.29, 1.82) is 0 Å². The molecule has 0 aliphatic heterocycles. The number of hydrogen-bond acceptors (Lipinski definition) is 3. The van der Waals surface area contributed by atoms with Crippen LogP contribution in [0.4, 0.5) is 0 Å². The third kappa shape index (κ3) is 15.3. The van der Waals surface area contributed by atoms with Crippen molar-refractivity contribution in [1.82, 2.24) is 0 Å². The van der Waals surface area contributed by atoms with Crippen molar-refractivity contribution < 1.29 is 20.1 Å². The van der Waals surface area contributed by atoms with E-state index in [1.165, 1.54) is 19.3 Å². The first kappa shape index (κ1) is 22.4. The van der Waals surface area contributed by atoms with Crippen molar-refractivity contribution in [3.8, 4) is 0 Å². The van der Waals surface area contributed by atoms with Crippen LogP contribution in [0.1, 0.15) is 58.3 Å². The standard InChI is InChI=1S/C20H32O4/c1-2-3-4-5-9-12-15-18(21)16-13-10-7-6-8-11-14-17-19(22)20(23)24/h6-10,12-13,16,18-19,21-22H,2-5,11,14-15,17H2,1H3,(H,23,24)/t18-,19+/m1/s1. The summed E-state index contributed by atoms with van der Waals surface area (Å²) < 4.78 is 0. The number of aliphatic hydroxyl groups is 2. The van der Waals surface area contributed by atoms with Crippen LogP contribution in [0.15, 0.2) is 48.6 Å². The molecule has 0 aromatic heterocycles. The zero-order valence-corrected chi connectivity index (χ0v) is 14.7. The number of aliphatic carboxylic acids is 1. The molecule has 0 bridgehead atoms. The molecule has 3 N–H and O–H groups in total. The summed E-state index contributed by atoms with van der Waals surface area (Å²) in [5.41, 5.74) is 0. The van der Waals surface area contributed by atoms with Crippen LogP contribution < -0.4 is 0 Å². The smallest absolute Gasteiger partial charge is 0.332 e. The number of carboxylic acid groups (broad SMARTS) is 1.